The summed E-state index contributed by atoms with van der Waals surface area (Å²) in [4.78, 5) is 11.8. The summed E-state index contributed by atoms with van der Waals surface area (Å²) in [6.07, 6.45) is 3.62. The van der Waals surface area contributed by atoms with E-state index >= 15 is 0 Å². The Morgan fingerprint density at radius 1 is 1.37 bits per heavy atom. The number of hydrogen-bond acceptors (Lipinski definition) is 2. The molecule has 4 nitrogen and oxygen atoms in total. The number of halogens is 1. The van der Waals surface area contributed by atoms with Gasteiger partial charge in [0, 0.05) is 22.8 Å². The van der Waals surface area contributed by atoms with Crippen LogP contribution < -0.4 is 5.32 Å². The summed E-state index contributed by atoms with van der Waals surface area (Å²) in [5.41, 5.74) is 2.91. The van der Waals surface area contributed by atoms with E-state index in [2.05, 4.69) is 15.5 Å². The Morgan fingerprint density at radius 3 is 2.74 bits per heavy atom. The highest BCUT2D eigenvalue weighted by Gasteiger charge is 2.05. The van der Waals surface area contributed by atoms with Crippen molar-refractivity contribution in [2.45, 2.75) is 19.8 Å². The van der Waals surface area contributed by atoms with Gasteiger partial charge in [0.05, 0.1) is 6.20 Å². The number of rotatable bonds is 5. The van der Waals surface area contributed by atoms with Gasteiger partial charge in [-0.2, -0.15) is 5.10 Å². The standard InChI is InChI=1S/C14H16ClN3O/c1-10-12(9-17-18-10)3-2-8-16-14(19)11-4-6-13(15)7-5-11/h4-7,9H,2-3,8H2,1H3,(H,16,19)(H,17,18). The van der Waals surface area contributed by atoms with Crippen LogP contribution in [0.15, 0.2) is 30.5 Å². The molecule has 0 saturated carbocycles. The van der Waals surface area contributed by atoms with E-state index in [1.165, 1.54) is 5.56 Å². The molecule has 0 aliphatic carbocycles. The molecule has 2 N–H and O–H groups in total. The predicted octanol–water partition coefficient (Wildman–Crippen LogP) is 2.73. The summed E-state index contributed by atoms with van der Waals surface area (Å²) in [6.45, 7) is 2.64. The molecule has 1 aromatic heterocycles. The van der Waals surface area contributed by atoms with Crippen molar-refractivity contribution in [2.24, 2.45) is 0 Å². The molecule has 0 aliphatic heterocycles. The molecule has 0 unspecified atom stereocenters. The first-order valence-corrected chi connectivity index (χ1v) is 6.57. The molecule has 0 atom stereocenters. The molecule has 1 amide bonds. The number of nitrogens with zero attached hydrogens (tertiary/aromatic N) is 1. The van der Waals surface area contributed by atoms with E-state index in [1.54, 1.807) is 24.3 Å². The van der Waals surface area contributed by atoms with Crippen molar-refractivity contribution in [2.75, 3.05) is 6.54 Å². The molecule has 0 saturated heterocycles. The Hall–Kier alpha value is -1.81. The molecule has 2 rings (SSSR count). The zero-order valence-electron chi connectivity index (χ0n) is 10.7. The largest absolute Gasteiger partial charge is 0.352 e. The van der Waals surface area contributed by atoms with Crippen LogP contribution in [0, 0.1) is 6.92 Å². The fourth-order valence-electron chi connectivity index (χ4n) is 1.81. The van der Waals surface area contributed by atoms with Crippen LogP contribution in [-0.4, -0.2) is 22.6 Å². The Labute approximate surface area is 117 Å². The van der Waals surface area contributed by atoms with Crippen LogP contribution >= 0.6 is 11.6 Å². The first-order valence-electron chi connectivity index (χ1n) is 6.19. The molecule has 1 heterocycles. The average molecular weight is 278 g/mol. The molecule has 0 spiro atoms. The van der Waals surface area contributed by atoms with Crippen LogP contribution in [0.3, 0.4) is 0 Å². The highest BCUT2D eigenvalue weighted by Crippen LogP contribution is 2.09. The fraction of sp³-hybridized carbons (Fsp3) is 0.286. The van der Waals surface area contributed by atoms with E-state index in [9.17, 15) is 4.79 Å². The molecule has 0 fully saturated rings. The van der Waals surface area contributed by atoms with Gasteiger partial charge in [0.2, 0.25) is 0 Å². The van der Waals surface area contributed by atoms with Crippen LogP contribution in [0.2, 0.25) is 5.02 Å². The lowest BCUT2D eigenvalue weighted by Gasteiger charge is -2.05. The van der Waals surface area contributed by atoms with Crippen LogP contribution in [0.4, 0.5) is 0 Å². The van der Waals surface area contributed by atoms with E-state index in [4.69, 9.17) is 11.6 Å². The van der Waals surface area contributed by atoms with Crippen molar-refractivity contribution >= 4 is 17.5 Å². The number of hydrogen-bond donors (Lipinski definition) is 2. The number of amides is 1. The third kappa shape index (κ3) is 3.83. The Morgan fingerprint density at radius 2 is 2.11 bits per heavy atom. The minimum Gasteiger partial charge on any atom is -0.352 e. The van der Waals surface area contributed by atoms with Gasteiger partial charge < -0.3 is 5.32 Å². The smallest absolute Gasteiger partial charge is 0.251 e. The second-order valence-electron chi connectivity index (χ2n) is 4.39. The molecule has 0 radical (unpaired) electrons. The van der Waals surface area contributed by atoms with E-state index < -0.39 is 0 Å². The first kappa shape index (κ1) is 13.6. The molecule has 100 valence electrons. The van der Waals surface area contributed by atoms with Crippen molar-refractivity contribution in [1.29, 1.82) is 0 Å². The van der Waals surface area contributed by atoms with Crippen molar-refractivity contribution < 1.29 is 4.79 Å². The second kappa shape index (κ2) is 6.38. The second-order valence-corrected chi connectivity index (χ2v) is 4.82. The van der Waals surface area contributed by atoms with E-state index in [1.807, 2.05) is 13.1 Å². The van der Waals surface area contributed by atoms with Gasteiger partial charge in [0.1, 0.15) is 0 Å². The Bertz CT molecular complexity index is 548. The Balaban J connectivity index is 1.75. The highest BCUT2D eigenvalue weighted by atomic mass is 35.5. The number of aromatic nitrogens is 2. The lowest BCUT2D eigenvalue weighted by atomic mass is 10.1. The summed E-state index contributed by atoms with van der Waals surface area (Å²) >= 11 is 5.77. The van der Waals surface area contributed by atoms with Crippen molar-refractivity contribution in [3.63, 3.8) is 0 Å². The molecular weight excluding hydrogens is 262 g/mol. The van der Waals surface area contributed by atoms with Crippen LogP contribution in [0.5, 0.6) is 0 Å². The third-order valence-corrected chi connectivity index (χ3v) is 3.20. The number of aromatic amines is 1. The van der Waals surface area contributed by atoms with Crippen LogP contribution in [0.25, 0.3) is 0 Å². The van der Waals surface area contributed by atoms with Crippen LogP contribution in [-0.2, 0) is 6.42 Å². The number of nitrogens with one attached hydrogen (secondary N) is 2. The lowest BCUT2D eigenvalue weighted by Crippen LogP contribution is -2.24. The summed E-state index contributed by atoms with van der Waals surface area (Å²) in [7, 11) is 0. The lowest BCUT2D eigenvalue weighted by molar-refractivity contribution is 0.0953. The molecule has 2 aromatic rings. The number of carbonyl (C=O) groups excluding carboxylic acids is 1. The summed E-state index contributed by atoms with van der Waals surface area (Å²) in [5.74, 6) is -0.0689. The molecule has 0 aliphatic rings. The number of benzene rings is 1. The number of H-pyrrole nitrogens is 1. The summed E-state index contributed by atoms with van der Waals surface area (Å²) in [6, 6.07) is 6.87. The van der Waals surface area contributed by atoms with Gasteiger partial charge in [0.15, 0.2) is 0 Å². The average Bonchev–Trinajstić information content (AvgIpc) is 2.81. The SMILES string of the molecule is Cc1[nH]ncc1CCCNC(=O)c1ccc(Cl)cc1. The van der Waals surface area contributed by atoms with Gasteiger partial charge in [-0.1, -0.05) is 11.6 Å². The minimum atomic E-state index is -0.0689. The molecule has 1 aromatic carbocycles. The maximum atomic E-state index is 11.8. The third-order valence-electron chi connectivity index (χ3n) is 2.95. The quantitative estimate of drug-likeness (QED) is 0.826. The maximum Gasteiger partial charge on any atom is 0.251 e. The van der Waals surface area contributed by atoms with E-state index in [-0.39, 0.29) is 5.91 Å². The molecule has 5 heteroatoms. The Kier molecular flexibility index (Phi) is 4.58. The van der Waals surface area contributed by atoms with Gasteiger partial charge in [0.25, 0.3) is 5.91 Å². The zero-order valence-corrected chi connectivity index (χ0v) is 11.5. The van der Waals surface area contributed by atoms with E-state index in [0.29, 0.717) is 17.1 Å². The highest BCUT2D eigenvalue weighted by molar-refractivity contribution is 6.30. The van der Waals surface area contributed by atoms with Gasteiger partial charge in [-0.05, 0) is 49.6 Å². The van der Waals surface area contributed by atoms with Gasteiger partial charge >= 0.3 is 0 Å². The normalized spacial score (nSPS) is 10.4. The summed E-state index contributed by atoms with van der Waals surface area (Å²) < 4.78 is 0. The van der Waals surface area contributed by atoms with Crippen molar-refractivity contribution in [1.82, 2.24) is 15.5 Å². The minimum absolute atomic E-state index is 0.0689. The number of carbonyl (C=O) groups is 1. The van der Waals surface area contributed by atoms with Crippen molar-refractivity contribution in [3.8, 4) is 0 Å². The molecule has 0 bridgehead atoms. The predicted molar refractivity (Wildman–Crippen MR) is 75.4 cm³/mol. The monoisotopic (exact) mass is 277 g/mol. The fourth-order valence-corrected chi connectivity index (χ4v) is 1.94. The zero-order chi connectivity index (χ0) is 13.7. The van der Waals surface area contributed by atoms with E-state index in [0.717, 1.165) is 18.5 Å². The first-order chi connectivity index (χ1) is 9.16. The van der Waals surface area contributed by atoms with Crippen LogP contribution in [0.1, 0.15) is 28.0 Å². The molecular formula is C14H16ClN3O. The number of aryl methyl sites for hydroxylation is 2. The van der Waals surface area contributed by atoms with Crippen molar-refractivity contribution in [3.05, 3.63) is 52.3 Å². The maximum absolute atomic E-state index is 11.8. The van der Waals surface area contributed by atoms with Gasteiger partial charge in [-0.25, -0.2) is 0 Å². The van der Waals surface area contributed by atoms with Gasteiger partial charge in [-0.3, -0.25) is 9.89 Å². The summed E-state index contributed by atoms with van der Waals surface area (Å²) in [5, 5.41) is 10.4. The molecule has 19 heavy (non-hydrogen) atoms. The van der Waals surface area contributed by atoms with Gasteiger partial charge in [-0.15, -0.1) is 0 Å². The topological polar surface area (TPSA) is 57.8 Å².